The molecule has 0 atom stereocenters. The highest BCUT2D eigenvalue weighted by atomic mass is 32.2. The summed E-state index contributed by atoms with van der Waals surface area (Å²) in [5.41, 5.74) is 0. The van der Waals surface area contributed by atoms with Crippen molar-refractivity contribution in [3.05, 3.63) is 47.8 Å². The Balaban J connectivity index is 1.45. The molecule has 0 N–H and O–H groups in total. The lowest BCUT2D eigenvalue weighted by atomic mass is 10.4. The van der Waals surface area contributed by atoms with Gasteiger partial charge in [0.1, 0.15) is 0 Å². The van der Waals surface area contributed by atoms with Gasteiger partial charge in [-0.25, -0.2) is 8.42 Å². The fourth-order valence-electron chi connectivity index (χ4n) is 2.70. The molecule has 1 aliphatic rings. The van der Waals surface area contributed by atoms with E-state index in [0.717, 1.165) is 15.0 Å². The van der Waals surface area contributed by atoms with Crippen molar-refractivity contribution in [3.63, 3.8) is 0 Å². The van der Waals surface area contributed by atoms with Crippen LogP contribution in [-0.2, 0) is 10.0 Å². The number of rotatable bonds is 4. The lowest BCUT2D eigenvalue weighted by Gasteiger charge is -2.33. The molecule has 0 spiro atoms. The molecule has 1 fully saturated rings. The molecule has 1 aromatic carbocycles. The number of anilines is 1. The summed E-state index contributed by atoms with van der Waals surface area (Å²) in [6.45, 7) is 2.13. The second-order valence-corrected chi connectivity index (χ2v) is 9.41. The number of nitrogens with zero attached hydrogens (tertiary/aromatic N) is 4. The summed E-state index contributed by atoms with van der Waals surface area (Å²) in [5.74, 6) is 0. The molecule has 0 saturated carbocycles. The van der Waals surface area contributed by atoms with Gasteiger partial charge in [-0.3, -0.25) is 0 Å². The molecule has 0 radical (unpaired) electrons. The number of hydrogen-bond donors (Lipinski definition) is 0. The summed E-state index contributed by atoms with van der Waals surface area (Å²) in [6.07, 6.45) is 0. The number of thiophene rings is 1. The topological polar surface area (TPSA) is 66.4 Å². The van der Waals surface area contributed by atoms with Crippen LogP contribution in [-0.4, -0.2) is 49.1 Å². The third-order valence-electron chi connectivity index (χ3n) is 4.04. The Labute approximate surface area is 154 Å². The third kappa shape index (κ3) is 3.32. The third-order valence-corrected chi connectivity index (χ3v) is 7.97. The van der Waals surface area contributed by atoms with E-state index in [-0.39, 0.29) is 0 Å². The van der Waals surface area contributed by atoms with Crippen molar-refractivity contribution in [2.24, 2.45) is 0 Å². The van der Waals surface area contributed by atoms with Crippen molar-refractivity contribution in [3.8, 4) is 9.88 Å². The van der Waals surface area contributed by atoms with Gasteiger partial charge in [0.15, 0.2) is 5.01 Å². The Morgan fingerprint density at radius 3 is 2.36 bits per heavy atom. The van der Waals surface area contributed by atoms with Crippen LogP contribution in [0.5, 0.6) is 0 Å². The summed E-state index contributed by atoms with van der Waals surface area (Å²) in [7, 11) is -3.42. The van der Waals surface area contributed by atoms with Crippen LogP contribution < -0.4 is 4.90 Å². The van der Waals surface area contributed by atoms with Gasteiger partial charge in [0.25, 0.3) is 0 Å². The summed E-state index contributed by atoms with van der Waals surface area (Å²) >= 11 is 3.19. The first kappa shape index (κ1) is 16.6. The molecule has 4 rings (SSSR count). The number of sulfonamides is 1. The number of aromatic nitrogens is 2. The Morgan fingerprint density at radius 1 is 0.920 bits per heavy atom. The molecule has 25 heavy (non-hydrogen) atoms. The number of piperazine rings is 1. The van der Waals surface area contributed by atoms with Gasteiger partial charge in [-0.2, -0.15) is 4.31 Å². The minimum Gasteiger partial charge on any atom is -0.344 e. The van der Waals surface area contributed by atoms with Crippen LogP contribution in [0.2, 0.25) is 0 Å². The molecule has 0 aliphatic carbocycles. The van der Waals surface area contributed by atoms with Crippen LogP contribution in [0.1, 0.15) is 0 Å². The summed E-state index contributed by atoms with van der Waals surface area (Å²) < 4.78 is 26.9. The zero-order valence-corrected chi connectivity index (χ0v) is 15.7. The standard InChI is InChI=1S/C16H16N4O2S3/c21-25(22,13-5-2-1-3-6-13)20-10-8-19(9-11-20)16-18-17-15(24-16)14-7-4-12-23-14/h1-7,12H,8-11H2. The monoisotopic (exact) mass is 392 g/mol. The van der Waals surface area contributed by atoms with Crippen LogP contribution in [0.4, 0.5) is 5.13 Å². The zero-order valence-electron chi connectivity index (χ0n) is 13.3. The van der Waals surface area contributed by atoms with E-state index >= 15 is 0 Å². The van der Waals surface area contributed by atoms with Crippen molar-refractivity contribution in [1.82, 2.24) is 14.5 Å². The molecule has 0 unspecified atom stereocenters. The summed E-state index contributed by atoms with van der Waals surface area (Å²) in [6, 6.07) is 12.6. The molecule has 1 saturated heterocycles. The van der Waals surface area contributed by atoms with E-state index in [2.05, 4.69) is 15.1 Å². The van der Waals surface area contributed by atoms with E-state index in [1.54, 1.807) is 51.2 Å². The molecule has 1 aliphatic heterocycles. The molecule has 130 valence electrons. The largest absolute Gasteiger partial charge is 0.344 e. The normalized spacial score (nSPS) is 16.2. The van der Waals surface area contributed by atoms with E-state index < -0.39 is 10.0 Å². The highest BCUT2D eigenvalue weighted by Gasteiger charge is 2.29. The second kappa shape index (κ2) is 6.83. The van der Waals surface area contributed by atoms with Gasteiger partial charge in [0.05, 0.1) is 9.77 Å². The predicted molar refractivity (Wildman–Crippen MR) is 101 cm³/mol. The van der Waals surface area contributed by atoms with E-state index in [4.69, 9.17) is 0 Å². The first-order chi connectivity index (χ1) is 12.1. The summed E-state index contributed by atoms with van der Waals surface area (Å²) in [4.78, 5) is 3.56. The van der Waals surface area contributed by atoms with Crippen LogP contribution in [0, 0.1) is 0 Å². The van der Waals surface area contributed by atoms with Gasteiger partial charge in [-0.15, -0.1) is 21.5 Å². The number of hydrogen-bond acceptors (Lipinski definition) is 7. The molecule has 0 amide bonds. The molecule has 3 heterocycles. The lowest BCUT2D eigenvalue weighted by Crippen LogP contribution is -2.48. The van der Waals surface area contributed by atoms with E-state index in [0.29, 0.717) is 31.1 Å². The van der Waals surface area contributed by atoms with Gasteiger partial charge in [-0.1, -0.05) is 35.6 Å². The molecule has 9 heteroatoms. The SMILES string of the molecule is O=S(=O)(c1ccccc1)N1CCN(c2nnc(-c3cccs3)s2)CC1. The van der Waals surface area contributed by atoms with E-state index in [1.165, 1.54) is 0 Å². The maximum absolute atomic E-state index is 12.7. The zero-order chi connectivity index (χ0) is 17.3. The summed E-state index contributed by atoms with van der Waals surface area (Å²) in [5, 5.41) is 12.3. The average Bonchev–Trinajstić information content (AvgIpc) is 3.34. The quantitative estimate of drug-likeness (QED) is 0.683. The fourth-order valence-corrected chi connectivity index (χ4v) is 5.84. The Hall–Kier alpha value is -1.81. The van der Waals surface area contributed by atoms with Crippen LogP contribution in [0.25, 0.3) is 9.88 Å². The minimum absolute atomic E-state index is 0.347. The highest BCUT2D eigenvalue weighted by molar-refractivity contribution is 7.89. The van der Waals surface area contributed by atoms with Crippen molar-refractivity contribution in [2.75, 3.05) is 31.1 Å². The van der Waals surface area contributed by atoms with Crippen LogP contribution in [0.3, 0.4) is 0 Å². The molecule has 3 aromatic rings. The Morgan fingerprint density at radius 2 is 1.68 bits per heavy atom. The average molecular weight is 393 g/mol. The highest BCUT2D eigenvalue weighted by Crippen LogP contribution is 2.32. The Kier molecular flexibility index (Phi) is 4.55. The molecule has 2 aromatic heterocycles. The van der Waals surface area contributed by atoms with Crippen molar-refractivity contribution >= 4 is 37.8 Å². The maximum atomic E-state index is 12.7. The predicted octanol–water partition coefficient (Wildman–Crippen LogP) is 2.78. The lowest BCUT2D eigenvalue weighted by molar-refractivity contribution is 0.384. The fraction of sp³-hybridized carbons (Fsp3) is 0.250. The molecular formula is C16H16N4O2S3. The molecule has 0 bridgehead atoms. The molecule has 6 nitrogen and oxygen atoms in total. The van der Waals surface area contributed by atoms with Gasteiger partial charge in [0, 0.05) is 26.2 Å². The second-order valence-electron chi connectivity index (χ2n) is 5.57. The van der Waals surface area contributed by atoms with Crippen molar-refractivity contribution in [1.29, 1.82) is 0 Å². The van der Waals surface area contributed by atoms with Crippen molar-refractivity contribution < 1.29 is 8.42 Å². The van der Waals surface area contributed by atoms with E-state index in [1.807, 2.05) is 23.6 Å². The van der Waals surface area contributed by atoms with Gasteiger partial charge >= 0.3 is 0 Å². The van der Waals surface area contributed by atoms with Crippen LogP contribution in [0.15, 0.2) is 52.7 Å². The maximum Gasteiger partial charge on any atom is 0.243 e. The first-order valence-corrected chi connectivity index (χ1v) is 11.0. The smallest absolute Gasteiger partial charge is 0.243 e. The van der Waals surface area contributed by atoms with E-state index in [9.17, 15) is 8.42 Å². The molecular weight excluding hydrogens is 376 g/mol. The first-order valence-electron chi connectivity index (χ1n) is 7.82. The van der Waals surface area contributed by atoms with Crippen LogP contribution >= 0.6 is 22.7 Å². The Bertz CT molecular complexity index is 931. The minimum atomic E-state index is -3.42. The van der Waals surface area contributed by atoms with Gasteiger partial charge < -0.3 is 4.90 Å². The van der Waals surface area contributed by atoms with Gasteiger partial charge in [-0.05, 0) is 23.6 Å². The number of benzene rings is 1. The van der Waals surface area contributed by atoms with Crippen molar-refractivity contribution in [2.45, 2.75) is 4.90 Å². The van der Waals surface area contributed by atoms with Gasteiger partial charge in [0.2, 0.25) is 15.2 Å².